The third-order valence-electron chi connectivity index (χ3n) is 4.26. The van der Waals surface area contributed by atoms with E-state index in [0.717, 1.165) is 22.4 Å². The summed E-state index contributed by atoms with van der Waals surface area (Å²) in [4.78, 5) is 12.2. The third-order valence-corrected chi connectivity index (χ3v) is 4.26. The quantitative estimate of drug-likeness (QED) is 0.811. The number of carbonyl (C=O) groups is 1. The molecule has 0 atom stereocenters. The maximum Gasteiger partial charge on any atom is 0.224 e. The summed E-state index contributed by atoms with van der Waals surface area (Å²) in [6.45, 7) is 1.11. The topological polar surface area (TPSA) is 47.6 Å². The lowest BCUT2D eigenvalue weighted by Gasteiger charge is -2.29. The van der Waals surface area contributed by atoms with E-state index in [4.69, 9.17) is 9.47 Å². The first-order valence-electron chi connectivity index (χ1n) is 7.55. The van der Waals surface area contributed by atoms with Crippen LogP contribution in [0.5, 0.6) is 0 Å². The Labute approximate surface area is 129 Å². The summed E-state index contributed by atoms with van der Waals surface area (Å²) < 4.78 is 11.9. The lowest BCUT2D eigenvalue weighted by molar-refractivity contribution is -0.172. The van der Waals surface area contributed by atoms with Gasteiger partial charge >= 0.3 is 0 Å². The predicted molar refractivity (Wildman–Crippen MR) is 83.3 cm³/mol. The zero-order valence-electron chi connectivity index (χ0n) is 12.2. The van der Waals surface area contributed by atoms with Crippen LogP contribution in [0.4, 0.5) is 5.69 Å². The van der Waals surface area contributed by atoms with Crippen LogP contribution in [0.2, 0.25) is 0 Å². The normalized spacial score (nSPS) is 19.5. The van der Waals surface area contributed by atoms with Crippen molar-refractivity contribution >= 4 is 11.6 Å². The molecule has 1 fully saturated rings. The molecule has 0 bridgehead atoms. The molecule has 1 N–H and O–H groups in total. The minimum absolute atomic E-state index is 0.0151. The van der Waals surface area contributed by atoms with E-state index in [2.05, 4.69) is 11.4 Å². The highest BCUT2D eigenvalue weighted by Gasteiger charge is 2.41. The maximum absolute atomic E-state index is 12.2. The van der Waals surface area contributed by atoms with E-state index in [0.29, 0.717) is 26.1 Å². The number of benzene rings is 2. The smallest absolute Gasteiger partial charge is 0.224 e. The molecule has 4 rings (SSSR count). The molecule has 2 aromatic rings. The van der Waals surface area contributed by atoms with E-state index < -0.39 is 5.79 Å². The molecule has 2 aliphatic rings. The molecule has 22 heavy (non-hydrogen) atoms. The predicted octanol–water partition coefficient (Wildman–Crippen LogP) is 3.29. The van der Waals surface area contributed by atoms with Gasteiger partial charge in [0.25, 0.3) is 0 Å². The standard InChI is InChI=1S/C18H17NO3/c20-17-9-10-18(21-11-12-22-18)15-7-3-1-5-13(15)14-6-2-4-8-16(14)19-17/h1-8H,9-12H2,(H,19,20). The summed E-state index contributed by atoms with van der Waals surface area (Å²) in [5, 5.41) is 3.00. The number of para-hydroxylation sites is 1. The molecule has 1 amide bonds. The highest BCUT2D eigenvalue weighted by molar-refractivity contribution is 5.96. The molecule has 4 nitrogen and oxygen atoms in total. The minimum Gasteiger partial charge on any atom is -0.343 e. The molecule has 0 aromatic heterocycles. The van der Waals surface area contributed by atoms with Crippen LogP contribution in [-0.4, -0.2) is 19.1 Å². The fourth-order valence-corrected chi connectivity index (χ4v) is 3.26. The zero-order valence-corrected chi connectivity index (χ0v) is 12.2. The van der Waals surface area contributed by atoms with E-state index in [-0.39, 0.29) is 5.91 Å². The van der Waals surface area contributed by atoms with Crippen molar-refractivity contribution in [2.75, 3.05) is 18.5 Å². The van der Waals surface area contributed by atoms with Crippen LogP contribution >= 0.6 is 0 Å². The Kier molecular flexibility index (Phi) is 3.21. The van der Waals surface area contributed by atoms with Crippen molar-refractivity contribution in [2.24, 2.45) is 0 Å². The average Bonchev–Trinajstić information content (AvgIpc) is 3.04. The first-order valence-corrected chi connectivity index (χ1v) is 7.55. The van der Waals surface area contributed by atoms with Crippen LogP contribution in [0.1, 0.15) is 18.4 Å². The Hall–Kier alpha value is -2.17. The van der Waals surface area contributed by atoms with Gasteiger partial charge in [-0.05, 0) is 11.6 Å². The molecule has 1 spiro atoms. The van der Waals surface area contributed by atoms with Crippen LogP contribution in [0.15, 0.2) is 48.5 Å². The highest BCUT2D eigenvalue weighted by Crippen LogP contribution is 2.43. The van der Waals surface area contributed by atoms with Crippen LogP contribution in [-0.2, 0) is 20.1 Å². The fraction of sp³-hybridized carbons (Fsp3) is 0.278. The van der Waals surface area contributed by atoms with Gasteiger partial charge in [0.2, 0.25) is 5.91 Å². The number of anilines is 1. The Balaban J connectivity index is 1.97. The summed E-state index contributed by atoms with van der Waals surface area (Å²) in [7, 11) is 0. The number of hydrogen-bond donors (Lipinski definition) is 1. The molecule has 4 heteroatoms. The zero-order chi connectivity index (χ0) is 15.0. The van der Waals surface area contributed by atoms with Gasteiger partial charge in [0.05, 0.1) is 13.2 Å². The SMILES string of the molecule is O=C1CCC2(OCCO2)c2ccccc2-c2ccccc2N1. The molecule has 0 aliphatic carbocycles. The largest absolute Gasteiger partial charge is 0.343 e. The van der Waals surface area contributed by atoms with Crippen LogP contribution < -0.4 is 5.32 Å². The monoisotopic (exact) mass is 295 g/mol. The van der Waals surface area contributed by atoms with Gasteiger partial charge in [-0.3, -0.25) is 4.79 Å². The molecule has 0 radical (unpaired) electrons. The first-order chi connectivity index (χ1) is 10.8. The van der Waals surface area contributed by atoms with E-state index in [1.54, 1.807) is 0 Å². The van der Waals surface area contributed by atoms with Crippen LogP contribution in [0.25, 0.3) is 11.1 Å². The lowest BCUT2D eigenvalue weighted by atomic mass is 9.91. The molecule has 2 aliphatic heterocycles. The number of hydrogen-bond acceptors (Lipinski definition) is 3. The highest BCUT2D eigenvalue weighted by atomic mass is 16.7. The van der Waals surface area contributed by atoms with Crippen molar-refractivity contribution in [3.8, 4) is 11.1 Å². The van der Waals surface area contributed by atoms with E-state index in [1.807, 2.05) is 42.5 Å². The second-order valence-electron chi connectivity index (χ2n) is 5.59. The van der Waals surface area contributed by atoms with Crippen LogP contribution in [0.3, 0.4) is 0 Å². The van der Waals surface area contributed by atoms with Crippen molar-refractivity contribution < 1.29 is 14.3 Å². The molecule has 1 saturated heterocycles. The van der Waals surface area contributed by atoms with Gasteiger partial charge in [-0.1, -0.05) is 42.5 Å². The molecule has 2 heterocycles. The van der Waals surface area contributed by atoms with Gasteiger partial charge in [-0.25, -0.2) is 0 Å². The first kappa shape index (κ1) is 13.5. The van der Waals surface area contributed by atoms with Gasteiger partial charge in [0.1, 0.15) is 0 Å². The average molecular weight is 295 g/mol. The van der Waals surface area contributed by atoms with Gasteiger partial charge in [-0.2, -0.15) is 0 Å². The number of carbonyl (C=O) groups excluding carboxylic acids is 1. The van der Waals surface area contributed by atoms with E-state index >= 15 is 0 Å². The van der Waals surface area contributed by atoms with E-state index in [9.17, 15) is 4.79 Å². The summed E-state index contributed by atoms with van der Waals surface area (Å²) in [5.74, 6) is -0.829. The number of nitrogens with one attached hydrogen (secondary N) is 1. The van der Waals surface area contributed by atoms with Crippen molar-refractivity contribution in [2.45, 2.75) is 18.6 Å². The van der Waals surface area contributed by atoms with E-state index in [1.165, 1.54) is 0 Å². The second-order valence-corrected chi connectivity index (χ2v) is 5.59. The second kappa shape index (κ2) is 5.23. The molecule has 0 saturated carbocycles. The minimum atomic E-state index is -0.814. The maximum atomic E-state index is 12.2. The van der Waals surface area contributed by atoms with Gasteiger partial charge in [0.15, 0.2) is 5.79 Å². The lowest BCUT2D eigenvalue weighted by Crippen LogP contribution is -2.29. The summed E-state index contributed by atoms with van der Waals surface area (Å²) >= 11 is 0. The van der Waals surface area contributed by atoms with Crippen molar-refractivity contribution in [1.82, 2.24) is 0 Å². The summed E-state index contributed by atoms with van der Waals surface area (Å²) in [5.41, 5.74) is 3.86. The van der Waals surface area contributed by atoms with Crippen molar-refractivity contribution in [3.63, 3.8) is 0 Å². The molecule has 112 valence electrons. The molecular formula is C18H17NO3. The Morgan fingerprint density at radius 1 is 0.909 bits per heavy atom. The molecular weight excluding hydrogens is 278 g/mol. The Morgan fingerprint density at radius 2 is 1.59 bits per heavy atom. The Bertz CT molecular complexity index is 720. The van der Waals surface area contributed by atoms with Gasteiger partial charge in [-0.15, -0.1) is 0 Å². The number of fused-ring (bicyclic) bond motifs is 4. The number of rotatable bonds is 0. The van der Waals surface area contributed by atoms with Crippen LogP contribution in [0, 0.1) is 0 Å². The summed E-state index contributed by atoms with van der Waals surface area (Å²) in [6, 6.07) is 15.9. The van der Waals surface area contributed by atoms with Gasteiger partial charge in [0, 0.05) is 29.7 Å². The Morgan fingerprint density at radius 3 is 2.41 bits per heavy atom. The molecule has 2 aromatic carbocycles. The number of ether oxygens (including phenoxy) is 2. The van der Waals surface area contributed by atoms with Gasteiger partial charge < -0.3 is 14.8 Å². The van der Waals surface area contributed by atoms with Crippen molar-refractivity contribution in [1.29, 1.82) is 0 Å². The summed E-state index contributed by atoms with van der Waals surface area (Å²) in [6.07, 6.45) is 0.881. The number of amides is 1. The fourth-order valence-electron chi connectivity index (χ4n) is 3.26. The molecule has 0 unspecified atom stereocenters. The van der Waals surface area contributed by atoms with Crippen molar-refractivity contribution in [3.05, 3.63) is 54.1 Å². The third kappa shape index (κ3) is 2.12.